The van der Waals surface area contributed by atoms with E-state index >= 15 is 0 Å². The molecule has 0 radical (unpaired) electrons. The zero-order valence-corrected chi connectivity index (χ0v) is 13.4. The van der Waals surface area contributed by atoms with Crippen molar-refractivity contribution in [1.29, 1.82) is 0 Å². The maximum absolute atomic E-state index is 6.06. The highest BCUT2D eigenvalue weighted by atomic mass is 16.5. The SMILES string of the molecule is CCOCCN(CCOCC)C1(CN)CC(OCC)C1. The Kier molecular flexibility index (Phi) is 8.64. The molecule has 20 heavy (non-hydrogen) atoms. The van der Waals surface area contributed by atoms with Gasteiger partial charge in [-0.1, -0.05) is 0 Å². The van der Waals surface area contributed by atoms with Crippen molar-refractivity contribution < 1.29 is 14.2 Å². The van der Waals surface area contributed by atoms with Crippen LogP contribution in [0.15, 0.2) is 0 Å². The third-order valence-electron chi connectivity index (χ3n) is 4.09. The van der Waals surface area contributed by atoms with Gasteiger partial charge in [0.1, 0.15) is 0 Å². The highest BCUT2D eigenvalue weighted by Crippen LogP contribution is 2.38. The molecule has 0 aliphatic heterocycles. The van der Waals surface area contributed by atoms with Crippen LogP contribution in [0.25, 0.3) is 0 Å². The van der Waals surface area contributed by atoms with Crippen molar-refractivity contribution in [1.82, 2.24) is 4.90 Å². The molecular formula is C15H32N2O3. The molecule has 120 valence electrons. The number of hydrogen-bond donors (Lipinski definition) is 1. The Morgan fingerprint density at radius 3 is 1.95 bits per heavy atom. The van der Waals surface area contributed by atoms with Gasteiger partial charge in [-0.2, -0.15) is 0 Å². The summed E-state index contributed by atoms with van der Waals surface area (Å²) < 4.78 is 16.7. The van der Waals surface area contributed by atoms with Gasteiger partial charge in [-0.25, -0.2) is 0 Å². The van der Waals surface area contributed by atoms with Crippen LogP contribution in [0.1, 0.15) is 33.6 Å². The van der Waals surface area contributed by atoms with Crippen molar-refractivity contribution >= 4 is 0 Å². The molecular weight excluding hydrogens is 256 g/mol. The predicted molar refractivity (Wildman–Crippen MR) is 81.0 cm³/mol. The van der Waals surface area contributed by atoms with Gasteiger partial charge in [0.05, 0.1) is 19.3 Å². The number of ether oxygens (including phenoxy) is 3. The summed E-state index contributed by atoms with van der Waals surface area (Å²) in [5.74, 6) is 0. The molecule has 0 aromatic carbocycles. The van der Waals surface area contributed by atoms with Gasteiger partial charge in [-0.15, -0.1) is 0 Å². The Hall–Kier alpha value is -0.200. The lowest BCUT2D eigenvalue weighted by molar-refractivity contribution is -0.109. The van der Waals surface area contributed by atoms with Crippen LogP contribution in [-0.4, -0.2) is 69.2 Å². The van der Waals surface area contributed by atoms with Gasteiger partial charge in [0.25, 0.3) is 0 Å². The molecule has 0 saturated heterocycles. The molecule has 1 rings (SSSR count). The standard InChI is InChI=1S/C15H32N2O3/c1-4-18-9-7-17(8-10-19-5-2)15(13-16)11-14(12-15)20-6-3/h14H,4-13,16H2,1-3H3. The van der Waals surface area contributed by atoms with Crippen molar-refractivity contribution in [3.8, 4) is 0 Å². The first kappa shape index (κ1) is 17.9. The van der Waals surface area contributed by atoms with Gasteiger partial charge in [0.2, 0.25) is 0 Å². The van der Waals surface area contributed by atoms with E-state index in [2.05, 4.69) is 4.90 Å². The first-order valence-electron chi connectivity index (χ1n) is 7.94. The van der Waals surface area contributed by atoms with E-state index in [0.29, 0.717) is 12.6 Å². The largest absolute Gasteiger partial charge is 0.380 e. The lowest BCUT2D eigenvalue weighted by atomic mass is 9.72. The summed E-state index contributed by atoms with van der Waals surface area (Å²) in [4.78, 5) is 2.44. The second kappa shape index (κ2) is 9.68. The summed E-state index contributed by atoms with van der Waals surface area (Å²) in [7, 11) is 0. The summed E-state index contributed by atoms with van der Waals surface area (Å²) in [6.45, 7) is 12.4. The van der Waals surface area contributed by atoms with E-state index in [1.54, 1.807) is 0 Å². The minimum atomic E-state index is 0.0774. The Balaban J connectivity index is 2.50. The van der Waals surface area contributed by atoms with Gasteiger partial charge in [-0.3, -0.25) is 4.90 Å². The molecule has 0 heterocycles. The van der Waals surface area contributed by atoms with Crippen molar-refractivity contribution in [3.63, 3.8) is 0 Å². The fourth-order valence-corrected chi connectivity index (χ4v) is 2.92. The minimum Gasteiger partial charge on any atom is -0.380 e. The average molecular weight is 288 g/mol. The summed E-state index contributed by atoms with van der Waals surface area (Å²) in [6.07, 6.45) is 2.41. The molecule has 0 aromatic rings. The lowest BCUT2D eigenvalue weighted by Gasteiger charge is -2.53. The predicted octanol–water partition coefficient (Wildman–Crippen LogP) is 1.26. The molecule has 1 fully saturated rings. The fraction of sp³-hybridized carbons (Fsp3) is 1.00. The molecule has 0 spiro atoms. The van der Waals surface area contributed by atoms with E-state index in [0.717, 1.165) is 59.0 Å². The number of nitrogens with two attached hydrogens (primary N) is 1. The summed E-state index contributed by atoms with van der Waals surface area (Å²) in [6, 6.07) is 0. The molecule has 1 saturated carbocycles. The third kappa shape index (κ3) is 4.97. The van der Waals surface area contributed by atoms with Crippen molar-refractivity contribution in [2.24, 2.45) is 5.73 Å². The van der Waals surface area contributed by atoms with Crippen LogP contribution in [0.5, 0.6) is 0 Å². The van der Waals surface area contributed by atoms with Crippen LogP contribution in [-0.2, 0) is 14.2 Å². The zero-order valence-electron chi connectivity index (χ0n) is 13.4. The topological polar surface area (TPSA) is 57.0 Å². The zero-order chi connectivity index (χ0) is 14.8. The first-order chi connectivity index (χ1) is 9.72. The quantitative estimate of drug-likeness (QED) is 0.548. The molecule has 0 bridgehead atoms. The van der Waals surface area contributed by atoms with Gasteiger partial charge in [0, 0.05) is 45.0 Å². The van der Waals surface area contributed by atoms with Crippen molar-refractivity contribution in [2.75, 3.05) is 52.7 Å². The van der Waals surface area contributed by atoms with Crippen LogP contribution in [0, 0.1) is 0 Å². The second-order valence-electron chi connectivity index (χ2n) is 5.29. The molecule has 0 aromatic heterocycles. The maximum atomic E-state index is 6.06. The van der Waals surface area contributed by atoms with Crippen molar-refractivity contribution in [2.45, 2.75) is 45.3 Å². The van der Waals surface area contributed by atoms with E-state index in [1.165, 1.54) is 0 Å². The van der Waals surface area contributed by atoms with E-state index in [9.17, 15) is 0 Å². The molecule has 1 aliphatic rings. The summed E-state index contributed by atoms with van der Waals surface area (Å²) >= 11 is 0. The van der Waals surface area contributed by atoms with E-state index in [1.807, 2.05) is 20.8 Å². The molecule has 0 unspecified atom stereocenters. The molecule has 5 heteroatoms. The second-order valence-corrected chi connectivity index (χ2v) is 5.29. The van der Waals surface area contributed by atoms with Gasteiger partial charge in [-0.05, 0) is 33.6 Å². The van der Waals surface area contributed by atoms with Crippen LogP contribution in [0.2, 0.25) is 0 Å². The molecule has 0 amide bonds. The molecule has 1 aliphatic carbocycles. The highest BCUT2D eigenvalue weighted by molar-refractivity contribution is 5.04. The number of nitrogens with zero attached hydrogens (tertiary/aromatic N) is 1. The Morgan fingerprint density at radius 2 is 1.55 bits per heavy atom. The monoisotopic (exact) mass is 288 g/mol. The third-order valence-corrected chi connectivity index (χ3v) is 4.09. The molecule has 2 N–H and O–H groups in total. The summed E-state index contributed by atoms with van der Waals surface area (Å²) in [5.41, 5.74) is 6.14. The highest BCUT2D eigenvalue weighted by Gasteiger charge is 2.47. The van der Waals surface area contributed by atoms with E-state index < -0.39 is 0 Å². The molecule has 0 atom stereocenters. The minimum absolute atomic E-state index is 0.0774. The molecule has 5 nitrogen and oxygen atoms in total. The van der Waals surface area contributed by atoms with Gasteiger partial charge < -0.3 is 19.9 Å². The number of rotatable bonds is 12. The van der Waals surface area contributed by atoms with Gasteiger partial charge in [0.15, 0.2) is 0 Å². The van der Waals surface area contributed by atoms with Gasteiger partial charge >= 0.3 is 0 Å². The Morgan fingerprint density at radius 1 is 1.00 bits per heavy atom. The van der Waals surface area contributed by atoms with Crippen LogP contribution in [0.3, 0.4) is 0 Å². The Bertz CT molecular complexity index is 235. The smallest absolute Gasteiger partial charge is 0.0611 e. The Labute approximate surface area is 123 Å². The lowest BCUT2D eigenvalue weighted by Crippen LogP contribution is -2.65. The average Bonchev–Trinajstić information content (AvgIpc) is 2.41. The van der Waals surface area contributed by atoms with E-state index in [4.69, 9.17) is 19.9 Å². The number of hydrogen-bond acceptors (Lipinski definition) is 5. The van der Waals surface area contributed by atoms with Crippen LogP contribution >= 0.6 is 0 Å². The van der Waals surface area contributed by atoms with E-state index in [-0.39, 0.29) is 5.54 Å². The normalized spacial score (nSPS) is 25.9. The fourth-order valence-electron chi connectivity index (χ4n) is 2.92. The van der Waals surface area contributed by atoms with Crippen LogP contribution in [0.4, 0.5) is 0 Å². The first-order valence-corrected chi connectivity index (χ1v) is 7.94. The van der Waals surface area contributed by atoms with Crippen LogP contribution < -0.4 is 5.73 Å². The maximum Gasteiger partial charge on any atom is 0.0611 e. The summed E-state index contributed by atoms with van der Waals surface area (Å²) in [5, 5.41) is 0. The van der Waals surface area contributed by atoms with Crippen molar-refractivity contribution in [3.05, 3.63) is 0 Å².